The van der Waals surface area contributed by atoms with Crippen molar-refractivity contribution in [2.75, 3.05) is 5.88 Å². The third kappa shape index (κ3) is 5.43. The summed E-state index contributed by atoms with van der Waals surface area (Å²) in [6.07, 6.45) is 1.85. The lowest BCUT2D eigenvalue weighted by Crippen LogP contribution is -1.95. The maximum Gasteiger partial charge on any atom is 0.142 e. The van der Waals surface area contributed by atoms with Crippen LogP contribution in [0.15, 0.2) is 35.5 Å². The molecule has 0 unspecified atom stereocenters. The van der Waals surface area contributed by atoms with Gasteiger partial charge in [-0.25, -0.2) is 0 Å². The highest BCUT2D eigenvalue weighted by atomic mass is 35.5. The molecule has 0 saturated carbocycles. The van der Waals surface area contributed by atoms with Crippen molar-refractivity contribution in [3.63, 3.8) is 0 Å². The minimum absolute atomic E-state index is 0.527. The third-order valence-electron chi connectivity index (χ3n) is 1.97. The minimum atomic E-state index is 0.527. The van der Waals surface area contributed by atoms with E-state index in [2.05, 4.69) is 5.16 Å². The third-order valence-corrected chi connectivity index (χ3v) is 2.23. The number of oxime groups is 1. The molecule has 0 aliphatic carbocycles. The summed E-state index contributed by atoms with van der Waals surface area (Å²) < 4.78 is 0. The molecule has 3 heteroatoms. The number of nitrogens with zero attached hydrogens (tertiary/aromatic N) is 1. The highest BCUT2D eigenvalue weighted by molar-refractivity contribution is 6.17. The van der Waals surface area contributed by atoms with Crippen LogP contribution in [0.5, 0.6) is 0 Å². The van der Waals surface area contributed by atoms with Gasteiger partial charge in [0.15, 0.2) is 0 Å². The molecule has 1 aromatic carbocycles. The average molecular weight is 226 g/mol. The number of benzene rings is 1. The zero-order chi connectivity index (χ0) is 10.9. The first-order valence-corrected chi connectivity index (χ1v) is 5.61. The zero-order valence-corrected chi connectivity index (χ0v) is 9.70. The highest BCUT2D eigenvalue weighted by Gasteiger charge is 1.93. The summed E-state index contributed by atoms with van der Waals surface area (Å²) in [6, 6.07) is 10.00. The van der Waals surface area contributed by atoms with Crippen LogP contribution in [0, 0.1) is 0 Å². The van der Waals surface area contributed by atoms with E-state index in [9.17, 15) is 0 Å². The van der Waals surface area contributed by atoms with Crippen molar-refractivity contribution in [3.05, 3.63) is 35.9 Å². The second kappa shape index (κ2) is 7.30. The topological polar surface area (TPSA) is 21.6 Å². The predicted octanol–water partition coefficient (Wildman–Crippen LogP) is 3.60. The highest BCUT2D eigenvalue weighted by Crippen LogP contribution is 2.02. The van der Waals surface area contributed by atoms with E-state index in [0.717, 1.165) is 24.1 Å². The Balaban J connectivity index is 2.26. The molecule has 0 aromatic heterocycles. The standard InChI is InChI=1S/C12H16ClNO/c1-11(6-5-9-13)14-15-10-12-7-3-2-4-8-12/h2-4,7-8H,5-6,9-10H2,1H3/b14-11+. The van der Waals surface area contributed by atoms with Gasteiger partial charge in [0.25, 0.3) is 0 Å². The van der Waals surface area contributed by atoms with Crippen molar-refractivity contribution in [2.24, 2.45) is 5.16 Å². The Morgan fingerprint density at radius 3 is 2.73 bits per heavy atom. The number of rotatable bonds is 6. The van der Waals surface area contributed by atoms with Gasteiger partial charge in [-0.2, -0.15) is 0 Å². The molecule has 0 aliphatic heterocycles. The molecule has 0 amide bonds. The molecule has 82 valence electrons. The van der Waals surface area contributed by atoms with Gasteiger partial charge in [-0.15, -0.1) is 11.6 Å². The average Bonchev–Trinajstić information content (AvgIpc) is 2.28. The van der Waals surface area contributed by atoms with Crippen LogP contribution in [0.25, 0.3) is 0 Å². The summed E-state index contributed by atoms with van der Waals surface area (Å²) in [5, 5.41) is 4.01. The van der Waals surface area contributed by atoms with Crippen LogP contribution in [-0.2, 0) is 11.4 Å². The molecule has 0 spiro atoms. The molecule has 0 heterocycles. The van der Waals surface area contributed by atoms with E-state index < -0.39 is 0 Å². The van der Waals surface area contributed by atoms with Gasteiger partial charge in [0.05, 0.1) is 5.71 Å². The van der Waals surface area contributed by atoms with E-state index >= 15 is 0 Å². The Morgan fingerprint density at radius 2 is 2.07 bits per heavy atom. The monoisotopic (exact) mass is 225 g/mol. The van der Waals surface area contributed by atoms with Gasteiger partial charge in [0.2, 0.25) is 0 Å². The summed E-state index contributed by atoms with van der Waals surface area (Å²) in [7, 11) is 0. The maximum atomic E-state index is 5.58. The Labute approximate surface area is 95.9 Å². The fourth-order valence-electron chi connectivity index (χ4n) is 1.16. The Kier molecular flexibility index (Phi) is 5.86. The van der Waals surface area contributed by atoms with E-state index in [-0.39, 0.29) is 0 Å². The largest absolute Gasteiger partial charge is 0.391 e. The van der Waals surface area contributed by atoms with Gasteiger partial charge in [-0.05, 0) is 25.3 Å². The second-order valence-corrected chi connectivity index (χ2v) is 3.76. The molecule has 0 saturated heterocycles. The van der Waals surface area contributed by atoms with Crippen LogP contribution in [0.3, 0.4) is 0 Å². The molecule has 1 rings (SSSR count). The van der Waals surface area contributed by atoms with Crippen LogP contribution in [0.1, 0.15) is 25.3 Å². The first-order valence-electron chi connectivity index (χ1n) is 5.08. The van der Waals surface area contributed by atoms with Crippen molar-refractivity contribution in [1.29, 1.82) is 0 Å². The summed E-state index contributed by atoms with van der Waals surface area (Å²) in [6.45, 7) is 2.48. The van der Waals surface area contributed by atoms with Crippen molar-refractivity contribution in [1.82, 2.24) is 0 Å². The van der Waals surface area contributed by atoms with Crippen LogP contribution >= 0.6 is 11.6 Å². The first kappa shape index (κ1) is 12.1. The number of alkyl halides is 1. The van der Waals surface area contributed by atoms with E-state index in [1.165, 1.54) is 0 Å². The van der Waals surface area contributed by atoms with E-state index in [0.29, 0.717) is 12.5 Å². The first-order chi connectivity index (χ1) is 7.33. The molecule has 0 aliphatic rings. The van der Waals surface area contributed by atoms with E-state index in [4.69, 9.17) is 16.4 Å². The van der Waals surface area contributed by atoms with Gasteiger partial charge in [0, 0.05) is 5.88 Å². The van der Waals surface area contributed by atoms with Gasteiger partial charge in [0.1, 0.15) is 6.61 Å². The Bertz CT molecular complexity index is 298. The lowest BCUT2D eigenvalue weighted by molar-refractivity contribution is 0.129. The lowest BCUT2D eigenvalue weighted by Gasteiger charge is -2.01. The fourth-order valence-corrected chi connectivity index (χ4v) is 1.29. The SMILES string of the molecule is C/C(CCCCl)=N\OCc1ccccc1. The van der Waals surface area contributed by atoms with Crippen molar-refractivity contribution < 1.29 is 4.84 Å². The zero-order valence-electron chi connectivity index (χ0n) is 8.95. The van der Waals surface area contributed by atoms with Crippen molar-refractivity contribution in [3.8, 4) is 0 Å². The number of hydrogen-bond acceptors (Lipinski definition) is 2. The summed E-state index contributed by atoms with van der Waals surface area (Å²) in [5.74, 6) is 0.672. The fraction of sp³-hybridized carbons (Fsp3) is 0.417. The van der Waals surface area contributed by atoms with Gasteiger partial charge in [-0.1, -0.05) is 35.5 Å². The maximum absolute atomic E-state index is 5.58. The van der Waals surface area contributed by atoms with Gasteiger partial charge < -0.3 is 4.84 Å². The van der Waals surface area contributed by atoms with E-state index in [1.54, 1.807) is 0 Å². The van der Waals surface area contributed by atoms with Crippen molar-refractivity contribution >= 4 is 17.3 Å². The van der Waals surface area contributed by atoms with Crippen LogP contribution in [0.2, 0.25) is 0 Å². The number of halogens is 1. The molecule has 0 radical (unpaired) electrons. The summed E-state index contributed by atoms with van der Waals surface area (Å²) in [5.41, 5.74) is 2.12. The predicted molar refractivity (Wildman–Crippen MR) is 64.3 cm³/mol. The molecule has 15 heavy (non-hydrogen) atoms. The molecule has 1 aromatic rings. The molecular weight excluding hydrogens is 210 g/mol. The Hall–Kier alpha value is -1.02. The van der Waals surface area contributed by atoms with Gasteiger partial charge >= 0.3 is 0 Å². The van der Waals surface area contributed by atoms with Crippen LogP contribution in [0.4, 0.5) is 0 Å². The molecule has 0 fully saturated rings. The Morgan fingerprint density at radius 1 is 1.33 bits per heavy atom. The normalized spacial score (nSPS) is 11.5. The summed E-state index contributed by atoms with van der Waals surface area (Å²) in [4.78, 5) is 5.22. The molecule has 2 nitrogen and oxygen atoms in total. The lowest BCUT2D eigenvalue weighted by atomic mass is 10.2. The molecule has 0 atom stereocenters. The van der Waals surface area contributed by atoms with Crippen molar-refractivity contribution in [2.45, 2.75) is 26.4 Å². The molecule has 0 bridgehead atoms. The quantitative estimate of drug-likeness (QED) is 0.412. The molecular formula is C12H16ClNO. The van der Waals surface area contributed by atoms with Crippen LogP contribution in [-0.4, -0.2) is 11.6 Å². The smallest absolute Gasteiger partial charge is 0.142 e. The minimum Gasteiger partial charge on any atom is -0.391 e. The summed E-state index contributed by atoms with van der Waals surface area (Å²) >= 11 is 5.58. The second-order valence-electron chi connectivity index (χ2n) is 3.38. The molecule has 0 N–H and O–H groups in total. The number of hydrogen-bond donors (Lipinski definition) is 0. The van der Waals surface area contributed by atoms with E-state index in [1.807, 2.05) is 37.3 Å². The van der Waals surface area contributed by atoms with Crippen LogP contribution < -0.4 is 0 Å². The van der Waals surface area contributed by atoms with Gasteiger partial charge in [-0.3, -0.25) is 0 Å².